The number of aromatic hydroxyl groups is 1. The van der Waals surface area contributed by atoms with Gasteiger partial charge in [-0.1, -0.05) is 35.0 Å². The van der Waals surface area contributed by atoms with E-state index in [4.69, 9.17) is 21.4 Å². The highest BCUT2D eigenvalue weighted by atomic mass is 35.5. The number of hydrogen-bond donors (Lipinski definition) is 2. The number of H-pyrrole nitrogens is 1. The van der Waals surface area contributed by atoms with Crippen LogP contribution in [0.4, 0.5) is 5.69 Å². The Balaban J connectivity index is 0.00000153. The summed E-state index contributed by atoms with van der Waals surface area (Å²) in [5.74, 6) is 0.0361. The van der Waals surface area contributed by atoms with Crippen molar-refractivity contribution in [3.8, 4) is 5.88 Å². The number of rotatable bonds is 5. The number of benzene rings is 2. The number of piperazine rings is 1. The normalized spacial score (nSPS) is 17.4. The largest absolute Gasteiger partial charge is 0.494 e. The van der Waals surface area contributed by atoms with Crippen molar-refractivity contribution in [2.75, 3.05) is 46.4 Å². The number of aliphatic imine (C=N–C) groups is 1. The smallest absolute Gasteiger partial charge is 0.199 e. The van der Waals surface area contributed by atoms with Crippen LogP contribution in [0.5, 0.6) is 5.88 Å². The first-order valence-electron chi connectivity index (χ1n) is 10.4. The second-order valence-electron chi connectivity index (χ2n) is 7.93. The van der Waals surface area contributed by atoms with Crippen molar-refractivity contribution in [1.29, 1.82) is 0 Å². The summed E-state index contributed by atoms with van der Waals surface area (Å²) in [7, 11) is 2.14. The van der Waals surface area contributed by atoms with Crippen LogP contribution in [0.15, 0.2) is 52.6 Å². The van der Waals surface area contributed by atoms with Crippen molar-refractivity contribution in [2.45, 2.75) is 0 Å². The predicted molar refractivity (Wildman–Crippen MR) is 139 cm³/mol. The van der Waals surface area contributed by atoms with Crippen LogP contribution in [0.1, 0.15) is 11.1 Å². The van der Waals surface area contributed by atoms with Gasteiger partial charge >= 0.3 is 0 Å². The summed E-state index contributed by atoms with van der Waals surface area (Å²) in [6, 6.07) is 13.2. The van der Waals surface area contributed by atoms with Gasteiger partial charge < -0.3 is 19.8 Å². The van der Waals surface area contributed by atoms with Crippen molar-refractivity contribution in [1.82, 2.24) is 14.8 Å². The lowest BCUT2D eigenvalue weighted by molar-refractivity contribution is 0.0864. The molecule has 0 unspecified atom stereocenters. The molecule has 7 nitrogen and oxygen atoms in total. The Morgan fingerprint density at radius 2 is 1.88 bits per heavy atom. The first-order valence-corrected chi connectivity index (χ1v) is 10.8. The monoisotopic (exact) mass is 509 g/mol. The molecule has 1 aromatic heterocycles. The third-order valence-corrected chi connectivity index (χ3v) is 6.08. The topological polar surface area (TPSA) is 76.5 Å². The van der Waals surface area contributed by atoms with E-state index in [1.165, 1.54) is 0 Å². The number of nitrogens with zero attached hydrogens (tertiary/aromatic N) is 4. The van der Waals surface area contributed by atoms with E-state index in [0.717, 1.165) is 54.9 Å². The van der Waals surface area contributed by atoms with Gasteiger partial charge in [0.1, 0.15) is 18.0 Å². The maximum atomic E-state index is 10.7. The van der Waals surface area contributed by atoms with Gasteiger partial charge in [-0.15, -0.1) is 24.8 Å². The molecule has 0 radical (unpaired) electrons. The number of aromatic nitrogens is 1. The van der Waals surface area contributed by atoms with Gasteiger partial charge in [0.2, 0.25) is 0 Å². The molecule has 2 aliphatic heterocycles. The Morgan fingerprint density at radius 3 is 2.67 bits per heavy atom. The zero-order valence-electron chi connectivity index (χ0n) is 18.1. The number of likely N-dealkylation sites (N-methyl/N-ethyl adjacent to an activating group) is 1. The molecule has 3 heterocycles. The lowest BCUT2D eigenvalue weighted by Crippen LogP contribution is -2.45. The summed E-state index contributed by atoms with van der Waals surface area (Å²) in [6.07, 6.45) is 0. The van der Waals surface area contributed by atoms with Gasteiger partial charge in [-0.3, -0.25) is 4.90 Å². The Morgan fingerprint density at radius 1 is 1.12 bits per heavy atom. The van der Waals surface area contributed by atoms with Crippen LogP contribution in [0, 0.1) is 0 Å². The van der Waals surface area contributed by atoms with Crippen molar-refractivity contribution in [3.05, 3.63) is 58.6 Å². The summed E-state index contributed by atoms with van der Waals surface area (Å²) in [5.41, 5.74) is 4.24. The number of fused-ring (bicyclic) bond motifs is 2. The van der Waals surface area contributed by atoms with Gasteiger partial charge in [-0.25, -0.2) is 4.99 Å². The third-order valence-electron chi connectivity index (χ3n) is 5.84. The fourth-order valence-electron chi connectivity index (χ4n) is 4.08. The molecule has 0 aliphatic carbocycles. The quantitative estimate of drug-likeness (QED) is 0.392. The first-order chi connectivity index (χ1) is 15.1. The van der Waals surface area contributed by atoms with Crippen molar-refractivity contribution >= 4 is 64.4 Å². The first kappa shape index (κ1) is 25.3. The molecule has 1 fully saturated rings. The number of aromatic amines is 1. The van der Waals surface area contributed by atoms with E-state index in [1.54, 1.807) is 6.07 Å². The zero-order valence-corrected chi connectivity index (χ0v) is 20.5. The van der Waals surface area contributed by atoms with Crippen LogP contribution in [-0.4, -0.2) is 77.7 Å². The molecule has 2 aromatic carbocycles. The Kier molecular flexibility index (Phi) is 8.26. The highest BCUT2D eigenvalue weighted by Crippen LogP contribution is 2.36. The van der Waals surface area contributed by atoms with Gasteiger partial charge in [-0.2, -0.15) is 0 Å². The standard InChI is InChI=1S/C23H24ClN5O2.2ClH/c1-28-8-10-29(11-9-28)12-13-31-27-21-16-4-2-3-5-18(16)25-22(21)20-17-14-15(24)6-7-19(17)26-23(20)30;;/h2-7,14,26,30H,8-13H2,1H3;2*1H. The Hall–Kier alpha value is -2.29. The van der Waals surface area contributed by atoms with Crippen LogP contribution in [0.2, 0.25) is 5.02 Å². The average Bonchev–Trinajstić information content (AvgIpc) is 3.28. The Labute approximate surface area is 209 Å². The van der Waals surface area contributed by atoms with E-state index in [2.05, 4.69) is 27.0 Å². The predicted octanol–water partition coefficient (Wildman–Crippen LogP) is 4.47. The van der Waals surface area contributed by atoms with Gasteiger partial charge in [0, 0.05) is 54.2 Å². The van der Waals surface area contributed by atoms with E-state index in [-0.39, 0.29) is 30.7 Å². The highest BCUT2D eigenvalue weighted by Gasteiger charge is 2.29. The molecule has 2 aliphatic rings. The summed E-state index contributed by atoms with van der Waals surface area (Å²) in [5, 5.41) is 16.5. The molecule has 0 spiro atoms. The van der Waals surface area contributed by atoms with Crippen LogP contribution in [0.3, 0.4) is 0 Å². The van der Waals surface area contributed by atoms with Crippen LogP contribution >= 0.6 is 36.4 Å². The Bertz CT molecular complexity index is 1190. The second-order valence-corrected chi connectivity index (χ2v) is 8.37. The molecule has 0 saturated carbocycles. The van der Waals surface area contributed by atoms with Crippen molar-refractivity contribution < 1.29 is 9.94 Å². The summed E-state index contributed by atoms with van der Waals surface area (Å²) in [4.78, 5) is 18.2. The van der Waals surface area contributed by atoms with Gasteiger partial charge in [-0.05, 0) is 31.3 Å². The van der Waals surface area contributed by atoms with Crippen LogP contribution < -0.4 is 0 Å². The molecular formula is C23H26Cl3N5O2. The number of para-hydroxylation sites is 1. The molecule has 33 heavy (non-hydrogen) atoms. The highest BCUT2D eigenvalue weighted by molar-refractivity contribution is 6.58. The summed E-state index contributed by atoms with van der Waals surface area (Å²) < 4.78 is 0. The lowest BCUT2D eigenvalue weighted by atomic mass is 10.0. The lowest BCUT2D eigenvalue weighted by Gasteiger charge is -2.31. The maximum Gasteiger partial charge on any atom is 0.199 e. The molecule has 1 saturated heterocycles. The van der Waals surface area contributed by atoms with Crippen LogP contribution in [-0.2, 0) is 4.84 Å². The number of oxime groups is 1. The minimum Gasteiger partial charge on any atom is -0.494 e. The fourth-order valence-corrected chi connectivity index (χ4v) is 4.25. The average molecular weight is 511 g/mol. The maximum absolute atomic E-state index is 10.7. The summed E-state index contributed by atoms with van der Waals surface area (Å²) in [6.45, 7) is 5.54. The van der Waals surface area contributed by atoms with E-state index in [9.17, 15) is 5.11 Å². The fraction of sp³-hybridized carbons (Fsp3) is 0.304. The molecule has 10 heteroatoms. The number of hydrogen-bond acceptors (Lipinski definition) is 6. The molecule has 2 N–H and O–H groups in total. The number of nitrogens with one attached hydrogen (secondary N) is 1. The van der Waals surface area contributed by atoms with E-state index in [0.29, 0.717) is 28.6 Å². The molecule has 5 rings (SSSR count). The minimum absolute atomic E-state index is 0. The molecule has 0 amide bonds. The SMILES string of the molecule is CN1CCN(CCON=C2C(c3c(O)[nH]c4ccc(Cl)cc34)=Nc3ccccc32)CC1.Cl.Cl. The van der Waals surface area contributed by atoms with Gasteiger partial charge in [0.15, 0.2) is 5.88 Å². The van der Waals surface area contributed by atoms with E-state index >= 15 is 0 Å². The second kappa shape index (κ2) is 10.8. The minimum atomic E-state index is 0. The third kappa shape index (κ3) is 5.13. The molecular weight excluding hydrogens is 485 g/mol. The van der Waals surface area contributed by atoms with Gasteiger partial charge in [0.05, 0.1) is 11.3 Å². The number of halogens is 3. The van der Waals surface area contributed by atoms with Crippen molar-refractivity contribution in [2.24, 2.45) is 10.1 Å². The molecule has 3 aromatic rings. The van der Waals surface area contributed by atoms with Crippen molar-refractivity contribution in [3.63, 3.8) is 0 Å². The molecule has 0 atom stereocenters. The van der Waals surface area contributed by atoms with E-state index < -0.39 is 0 Å². The zero-order chi connectivity index (χ0) is 21.4. The summed E-state index contributed by atoms with van der Waals surface area (Å²) >= 11 is 6.22. The van der Waals surface area contributed by atoms with E-state index in [1.807, 2.05) is 36.4 Å². The molecule has 176 valence electrons. The van der Waals surface area contributed by atoms with Crippen LogP contribution in [0.25, 0.3) is 10.9 Å². The van der Waals surface area contributed by atoms with Gasteiger partial charge in [0.25, 0.3) is 0 Å². The molecule has 0 bridgehead atoms.